The van der Waals surface area contributed by atoms with E-state index in [9.17, 15) is 45.6 Å². The van der Waals surface area contributed by atoms with Crippen molar-refractivity contribution in [3.05, 3.63) is 0 Å². The fourth-order valence-corrected chi connectivity index (χ4v) is 6.07. The molecular formula is C29H53NO14. The van der Waals surface area contributed by atoms with Crippen molar-refractivity contribution in [2.45, 2.75) is 151 Å². The van der Waals surface area contributed by atoms with Crippen LogP contribution in [0.25, 0.3) is 0 Å². The summed E-state index contributed by atoms with van der Waals surface area (Å²) in [7, 11) is 0. The van der Waals surface area contributed by atoms with Gasteiger partial charge in [-0.25, -0.2) is 0 Å². The fourth-order valence-electron chi connectivity index (χ4n) is 6.07. The highest BCUT2D eigenvalue weighted by Gasteiger charge is 2.54. The van der Waals surface area contributed by atoms with Crippen LogP contribution in [-0.4, -0.2) is 152 Å². The zero-order valence-electron chi connectivity index (χ0n) is 25.8. The van der Waals surface area contributed by atoms with Crippen molar-refractivity contribution in [2.24, 2.45) is 5.92 Å². The average Bonchev–Trinajstić information content (AvgIpc) is 3.00. The van der Waals surface area contributed by atoms with Crippen molar-refractivity contribution in [3.63, 3.8) is 0 Å². The highest BCUT2D eigenvalue weighted by Crippen LogP contribution is 2.35. The molecule has 0 aromatic rings. The molecule has 3 aliphatic rings. The molecule has 1 amide bonds. The molecule has 1 aliphatic carbocycles. The maximum absolute atomic E-state index is 12.4. The van der Waals surface area contributed by atoms with E-state index >= 15 is 0 Å². The lowest BCUT2D eigenvalue weighted by Crippen LogP contribution is -2.69. The van der Waals surface area contributed by atoms with Crippen molar-refractivity contribution in [1.29, 1.82) is 0 Å². The number of hydrogen-bond donors (Lipinski definition) is 9. The molecule has 2 aliphatic heterocycles. The number of carbonyl (C=O) groups excluding carboxylic acids is 1. The molecule has 3 fully saturated rings. The standard InChI is InChI=1S/C29H53NO14/c1-4-5-6-7-8-9-10-40-28-19(30-15(3)33)27(44-29-25(39)23(37)20(34)14(2)41-29)26(18(13-32)43-28)42-17-11-16(12-31)21(35)24(38)22(17)36/h14,16-29,31-32,34-39H,4-13H2,1-3H3,(H,30,33)/t14-,16+,17+,18+,19+,20+,21-,22-,23+,24-,25-,26+,27+,28+,29-/m0/s1. The minimum Gasteiger partial charge on any atom is -0.396 e. The summed E-state index contributed by atoms with van der Waals surface area (Å²) in [5, 5.41) is 85.6. The number of unbranched alkanes of at least 4 members (excludes halogenated alkanes) is 5. The van der Waals surface area contributed by atoms with Gasteiger partial charge in [0.05, 0.1) is 24.9 Å². The van der Waals surface area contributed by atoms with E-state index in [4.69, 9.17) is 23.7 Å². The third kappa shape index (κ3) is 9.27. The largest absolute Gasteiger partial charge is 0.396 e. The summed E-state index contributed by atoms with van der Waals surface area (Å²) >= 11 is 0. The number of nitrogens with one attached hydrogen (secondary N) is 1. The van der Waals surface area contributed by atoms with E-state index in [2.05, 4.69) is 12.2 Å². The Morgan fingerprint density at radius 2 is 1.43 bits per heavy atom. The first-order valence-corrected chi connectivity index (χ1v) is 15.8. The SMILES string of the molecule is CCCCCCCCO[C@@H]1O[C@H](CO)[C@@H](O[C@@H]2C[C@H](CO)[C@H](O)[C@H](O)[C@H]2O)[C@H](O[C@@H]2O[C@@H](C)[C@@H](O)[C@@H](O)[C@@H]2O)[C@H]1NC(C)=O. The molecule has 15 nitrogen and oxygen atoms in total. The molecule has 0 spiro atoms. The van der Waals surface area contributed by atoms with Crippen LogP contribution in [0, 0.1) is 5.92 Å². The molecule has 15 atom stereocenters. The van der Waals surface area contributed by atoms with Crippen molar-refractivity contribution in [3.8, 4) is 0 Å². The molecule has 0 radical (unpaired) electrons. The molecule has 0 unspecified atom stereocenters. The number of carbonyl (C=O) groups is 1. The minimum atomic E-state index is -1.71. The van der Waals surface area contributed by atoms with Crippen LogP contribution in [0.1, 0.15) is 65.7 Å². The van der Waals surface area contributed by atoms with Crippen LogP contribution in [0.2, 0.25) is 0 Å². The molecule has 44 heavy (non-hydrogen) atoms. The maximum Gasteiger partial charge on any atom is 0.217 e. The number of rotatable bonds is 15. The van der Waals surface area contributed by atoms with Gasteiger partial charge in [0.15, 0.2) is 12.6 Å². The van der Waals surface area contributed by atoms with Gasteiger partial charge in [-0.3, -0.25) is 4.79 Å². The fraction of sp³-hybridized carbons (Fsp3) is 0.966. The minimum absolute atomic E-state index is 0.0788. The van der Waals surface area contributed by atoms with Crippen molar-refractivity contribution >= 4 is 5.91 Å². The first-order chi connectivity index (χ1) is 20.9. The monoisotopic (exact) mass is 639 g/mol. The molecule has 258 valence electrons. The van der Waals surface area contributed by atoms with Gasteiger partial charge in [-0.1, -0.05) is 39.0 Å². The molecule has 1 saturated carbocycles. The number of aliphatic hydroxyl groups is 8. The highest BCUT2D eigenvalue weighted by molar-refractivity contribution is 5.73. The Bertz CT molecular complexity index is 853. The average molecular weight is 640 g/mol. The summed E-state index contributed by atoms with van der Waals surface area (Å²) in [4.78, 5) is 12.4. The molecule has 3 rings (SSSR count). The Morgan fingerprint density at radius 1 is 0.773 bits per heavy atom. The normalized spacial score (nSPS) is 43.1. The molecule has 0 aromatic heterocycles. The Balaban J connectivity index is 1.90. The summed E-state index contributed by atoms with van der Waals surface area (Å²) in [6.45, 7) is 4.00. The van der Waals surface area contributed by atoms with E-state index in [0.717, 1.165) is 32.1 Å². The topological polar surface area (TPSA) is 237 Å². The van der Waals surface area contributed by atoms with Crippen LogP contribution >= 0.6 is 0 Å². The van der Waals surface area contributed by atoms with Gasteiger partial charge in [-0.15, -0.1) is 0 Å². The van der Waals surface area contributed by atoms with E-state index in [0.29, 0.717) is 6.42 Å². The van der Waals surface area contributed by atoms with E-state index < -0.39 is 111 Å². The zero-order valence-corrected chi connectivity index (χ0v) is 25.8. The Hall–Kier alpha value is -1.05. The Labute approximate surface area is 258 Å². The summed E-state index contributed by atoms with van der Waals surface area (Å²) in [6.07, 6.45) is -12.0. The lowest BCUT2D eigenvalue weighted by molar-refractivity contribution is -0.351. The van der Waals surface area contributed by atoms with Crippen LogP contribution in [0.4, 0.5) is 0 Å². The van der Waals surface area contributed by atoms with Crippen molar-refractivity contribution in [2.75, 3.05) is 19.8 Å². The van der Waals surface area contributed by atoms with Gasteiger partial charge in [0.1, 0.15) is 54.9 Å². The predicted molar refractivity (Wildman–Crippen MR) is 152 cm³/mol. The van der Waals surface area contributed by atoms with Gasteiger partial charge in [0.25, 0.3) is 0 Å². The number of ether oxygens (including phenoxy) is 5. The molecule has 0 aromatic carbocycles. The lowest BCUT2D eigenvalue weighted by atomic mass is 9.81. The Morgan fingerprint density at radius 3 is 2.07 bits per heavy atom. The quantitative estimate of drug-likeness (QED) is 0.0853. The third-order valence-electron chi connectivity index (χ3n) is 8.74. The third-order valence-corrected chi connectivity index (χ3v) is 8.74. The highest BCUT2D eigenvalue weighted by atomic mass is 16.7. The number of hydrogen-bond acceptors (Lipinski definition) is 14. The number of aliphatic hydroxyl groups excluding tert-OH is 8. The van der Waals surface area contributed by atoms with Crippen LogP contribution in [-0.2, 0) is 28.5 Å². The molecule has 0 bridgehead atoms. The van der Waals surface area contributed by atoms with Crippen LogP contribution in [0.5, 0.6) is 0 Å². The van der Waals surface area contributed by atoms with Gasteiger partial charge in [-0.05, 0) is 19.8 Å². The van der Waals surface area contributed by atoms with E-state index in [-0.39, 0.29) is 13.0 Å². The van der Waals surface area contributed by atoms with Crippen molar-refractivity contribution in [1.82, 2.24) is 5.32 Å². The van der Waals surface area contributed by atoms with E-state index in [1.165, 1.54) is 13.8 Å². The van der Waals surface area contributed by atoms with Crippen LogP contribution in [0.3, 0.4) is 0 Å². The summed E-state index contributed by atoms with van der Waals surface area (Å²) in [5.74, 6) is -1.33. The lowest BCUT2D eigenvalue weighted by Gasteiger charge is -2.50. The van der Waals surface area contributed by atoms with Gasteiger partial charge in [-0.2, -0.15) is 0 Å². The molecular weight excluding hydrogens is 586 g/mol. The van der Waals surface area contributed by atoms with Gasteiger partial charge >= 0.3 is 0 Å². The predicted octanol–water partition coefficient (Wildman–Crippen LogP) is -2.35. The summed E-state index contributed by atoms with van der Waals surface area (Å²) < 4.78 is 30.1. The first kappa shape index (κ1) is 37.4. The molecule has 15 heteroatoms. The maximum atomic E-state index is 12.4. The molecule has 2 saturated heterocycles. The van der Waals surface area contributed by atoms with Crippen LogP contribution < -0.4 is 5.32 Å². The van der Waals surface area contributed by atoms with Gasteiger partial charge in [0.2, 0.25) is 5.91 Å². The zero-order chi connectivity index (χ0) is 32.6. The Kier molecular flexibility index (Phi) is 15.1. The second-order valence-corrected chi connectivity index (χ2v) is 12.2. The van der Waals surface area contributed by atoms with Crippen molar-refractivity contribution < 1.29 is 69.3 Å². The second kappa shape index (κ2) is 17.8. The van der Waals surface area contributed by atoms with E-state index in [1.54, 1.807) is 0 Å². The first-order valence-electron chi connectivity index (χ1n) is 15.8. The number of amides is 1. The van der Waals surface area contributed by atoms with E-state index in [1.807, 2.05) is 0 Å². The molecule has 9 N–H and O–H groups in total. The van der Waals surface area contributed by atoms with Gasteiger partial charge in [0, 0.05) is 26.1 Å². The summed E-state index contributed by atoms with van der Waals surface area (Å²) in [5.41, 5.74) is 0. The summed E-state index contributed by atoms with van der Waals surface area (Å²) in [6, 6.07) is -1.11. The van der Waals surface area contributed by atoms with Crippen LogP contribution in [0.15, 0.2) is 0 Å². The second-order valence-electron chi connectivity index (χ2n) is 12.2. The molecule has 2 heterocycles. The smallest absolute Gasteiger partial charge is 0.217 e. The van der Waals surface area contributed by atoms with Gasteiger partial charge < -0.3 is 69.9 Å².